The van der Waals surface area contributed by atoms with E-state index in [-0.39, 0.29) is 10.8 Å². The average molecular weight is 750 g/mol. The standard InChI is InChI=1S/C54H55NS/c1-53(2,3)39-33-40(54(4,5)6)35-42(34-39)55(41-31-29-37(30-32-41)44-24-16-28-50-52(44)47-22-11-13-27-49(47)56-50)48-26-12-10-21-45(48)46-25-15-20-38-19-14-23-43(51(38)46)36-17-8-7-9-18-36/h10-14,16,19-24,26-36H,7-9,15,17-18,25H2,1-6H3. The van der Waals surface area contributed by atoms with Gasteiger partial charge in [0.15, 0.2) is 0 Å². The van der Waals surface area contributed by atoms with Crippen LogP contribution >= 0.6 is 11.3 Å². The van der Waals surface area contributed by atoms with Gasteiger partial charge < -0.3 is 4.90 Å². The molecule has 0 saturated heterocycles. The highest BCUT2D eigenvalue weighted by atomic mass is 32.1. The van der Waals surface area contributed by atoms with Crippen LogP contribution in [0.1, 0.15) is 115 Å². The maximum atomic E-state index is 2.57. The van der Waals surface area contributed by atoms with Crippen LogP contribution < -0.4 is 15.3 Å². The van der Waals surface area contributed by atoms with Crippen molar-refractivity contribution in [3.8, 4) is 11.1 Å². The number of fused-ring (bicyclic) bond motifs is 4. The van der Waals surface area contributed by atoms with E-state index < -0.39 is 0 Å². The summed E-state index contributed by atoms with van der Waals surface area (Å²) < 4.78 is 2.68. The van der Waals surface area contributed by atoms with Gasteiger partial charge in [-0.25, -0.2) is 0 Å². The van der Waals surface area contributed by atoms with E-state index in [4.69, 9.17) is 0 Å². The molecule has 0 unspecified atom stereocenters. The molecule has 2 aliphatic rings. The Balaban J connectivity index is 1.27. The lowest BCUT2D eigenvalue weighted by Gasteiger charge is -2.33. The average Bonchev–Trinajstić information content (AvgIpc) is 3.60. The molecular weight excluding hydrogens is 695 g/mol. The molecule has 6 aromatic carbocycles. The Kier molecular flexibility index (Phi) is 9.53. The molecule has 1 saturated carbocycles. The van der Waals surface area contributed by atoms with Crippen LogP contribution in [-0.4, -0.2) is 0 Å². The largest absolute Gasteiger partial charge is 0.310 e. The first-order valence-electron chi connectivity index (χ1n) is 20.9. The molecule has 0 spiro atoms. The Hall–Kier alpha value is -4.92. The van der Waals surface area contributed by atoms with E-state index in [2.05, 4.69) is 180 Å². The van der Waals surface area contributed by atoms with Crippen molar-refractivity contribution in [3.63, 3.8) is 0 Å². The molecule has 9 rings (SSSR count). The van der Waals surface area contributed by atoms with Crippen molar-refractivity contribution in [2.24, 2.45) is 0 Å². The monoisotopic (exact) mass is 749 g/mol. The Bertz CT molecular complexity index is 2660. The summed E-state index contributed by atoms with van der Waals surface area (Å²) in [5.41, 5.74) is 13.3. The third-order valence-electron chi connectivity index (χ3n) is 12.5. The molecule has 0 N–H and O–H groups in total. The van der Waals surface area contributed by atoms with E-state index >= 15 is 0 Å². The quantitative estimate of drug-likeness (QED) is 0.164. The highest BCUT2D eigenvalue weighted by Crippen LogP contribution is 2.45. The molecule has 1 fully saturated rings. The van der Waals surface area contributed by atoms with Crippen LogP contribution in [0.4, 0.5) is 17.1 Å². The highest BCUT2D eigenvalue weighted by Gasteiger charge is 2.27. The lowest BCUT2D eigenvalue weighted by Crippen LogP contribution is -2.35. The number of anilines is 3. The van der Waals surface area contributed by atoms with Gasteiger partial charge in [0, 0.05) is 37.1 Å². The number of rotatable bonds is 6. The van der Waals surface area contributed by atoms with Crippen LogP contribution in [0.25, 0.3) is 42.9 Å². The summed E-state index contributed by atoms with van der Waals surface area (Å²) in [7, 11) is 0. The predicted molar refractivity (Wildman–Crippen MR) is 245 cm³/mol. The maximum Gasteiger partial charge on any atom is 0.0536 e. The first-order valence-corrected chi connectivity index (χ1v) is 21.7. The zero-order valence-corrected chi connectivity index (χ0v) is 34.9. The summed E-state index contributed by atoms with van der Waals surface area (Å²) >= 11 is 1.89. The first-order chi connectivity index (χ1) is 27.0. The molecule has 1 nitrogen and oxygen atoms in total. The smallest absolute Gasteiger partial charge is 0.0536 e. The molecule has 2 heteroatoms. The number of nitrogens with zero attached hydrogens (tertiary/aromatic N) is 1. The van der Waals surface area contributed by atoms with E-state index in [9.17, 15) is 0 Å². The molecule has 0 aliphatic heterocycles. The van der Waals surface area contributed by atoms with Gasteiger partial charge in [-0.05, 0) is 129 Å². The van der Waals surface area contributed by atoms with Crippen molar-refractivity contribution in [3.05, 3.63) is 160 Å². The molecule has 2 aliphatic carbocycles. The Morgan fingerprint density at radius 3 is 2.00 bits per heavy atom. The van der Waals surface area contributed by atoms with E-state index in [1.165, 1.54) is 113 Å². The number of para-hydroxylation sites is 1. The lowest BCUT2D eigenvalue weighted by molar-refractivity contribution is 0.442. The van der Waals surface area contributed by atoms with Gasteiger partial charge in [0.05, 0.1) is 5.69 Å². The summed E-state index contributed by atoms with van der Waals surface area (Å²) in [5, 5.41) is 5.61. The Labute approximate surface area is 338 Å². The van der Waals surface area contributed by atoms with E-state index in [1.807, 2.05) is 11.3 Å². The van der Waals surface area contributed by atoms with Crippen molar-refractivity contribution < 1.29 is 0 Å². The topological polar surface area (TPSA) is 3.24 Å². The van der Waals surface area contributed by atoms with Gasteiger partial charge in [-0.3, -0.25) is 0 Å². The summed E-state index contributed by atoms with van der Waals surface area (Å²) in [6.07, 6.45) is 11.3. The van der Waals surface area contributed by atoms with Crippen LogP contribution in [0.5, 0.6) is 0 Å². The van der Waals surface area contributed by atoms with Crippen LogP contribution in [0, 0.1) is 0 Å². The first kappa shape index (κ1) is 36.7. The van der Waals surface area contributed by atoms with E-state index in [1.54, 1.807) is 5.56 Å². The summed E-state index contributed by atoms with van der Waals surface area (Å²) in [4.78, 5) is 2.57. The minimum atomic E-state index is -0.00512. The van der Waals surface area contributed by atoms with Crippen molar-refractivity contribution in [1.82, 2.24) is 0 Å². The fourth-order valence-corrected chi connectivity index (χ4v) is 10.5. The van der Waals surface area contributed by atoms with Gasteiger partial charge in [-0.15, -0.1) is 11.3 Å². The fraction of sp³-hybridized carbons (Fsp3) is 0.296. The van der Waals surface area contributed by atoms with Gasteiger partial charge in [-0.2, -0.15) is 0 Å². The molecule has 0 radical (unpaired) electrons. The van der Waals surface area contributed by atoms with E-state index in [0.29, 0.717) is 5.92 Å². The number of thiophene rings is 1. The van der Waals surface area contributed by atoms with E-state index in [0.717, 1.165) is 12.8 Å². The fourth-order valence-electron chi connectivity index (χ4n) is 9.39. The number of hydrogen-bond acceptors (Lipinski definition) is 2. The molecule has 0 bridgehead atoms. The van der Waals surface area contributed by atoms with Gasteiger partial charge in [0.1, 0.15) is 0 Å². The highest BCUT2D eigenvalue weighted by molar-refractivity contribution is 7.25. The SMILES string of the molecule is CC(C)(C)c1cc(N(c2ccc(-c3cccc4sc5ccccc5c34)cc2)c2ccccc2C2=c3c(C4CCCCC4)cccc3=CCC2)cc(C(C)(C)C)c1. The van der Waals surface area contributed by atoms with Crippen LogP contribution in [-0.2, 0) is 10.8 Å². The molecule has 7 aromatic rings. The van der Waals surface area contributed by atoms with Crippen molar-refractivity contribution >= 4 is 60.2 Å². The molecular formula is C54H55NS. The van der Waals surface area contributed by atoms with Crippen molar-refractivity contribution in [2.45, 2.75) is 103 Å². The normalized spacial score (nSPS) is 15.2. The minimum Gasteiger partial charge on any atom is -0.310 e. The zero-order valence-electron chi connectivity index (χ0n) is 34.1. The summed E-state index contributed by atoms with van der Waals surface area (Å²) in [5.74, 6) is 0.638. The maximum absolute atomic E-state index is 2.57. The second kappa shape index (κ2) is 14.5. The minimum absolute atomic E-state index is 0.00512. The zero-order chi connectivity index (χ0) is 38.6. The van der Waals surface area contributed by atoms with Gasteiger partial charge in [-0.1, -0.05) is 152 Å². The Morgan fingerprint density at radius 2 is 1.25 bits per heavy atom. The van der Waals surface area contributed by atoms with Crippen molar-refractivity contribution in [1.29, 1.82) is 0 Å². The summed E-state index contributed by atoms with van der Waals surface area (Å²) in [6, 6.07) is 48.8. The van der Waals surface area contributed by atoms with Crippen LogP contribution in [0.15, 0.2) is 127 Å². The summed E-state index contributed by atoms with van der Waals surface area (Å²) in [6.45, 7) is 14.1. The molecule has 0 atom stereocenters. The van der Waals surface area contributed by atoms with Gasteiger partial charge in [0.25, 0.3) is 0 Å². The van der Waals surface area contributed by atoms with Crippen LogP contribution in [0.3, 0.4) is 0 Å². The molecule has 1 heterocycles. The lowest BCUT2D eigenvalue weighted by atomic mass is 9.79. The molecule has 282 valence electrons. The second-order valence-corrected chi connectivity index (χ2v) is 19.4. The molecule has 0 amide bonds. The third-order valence-corrected chi connectivity index (χ3v) is 13.6. The van der Waals surface area contributed by atoms with Gasteiger partial charge in [0.2, 0.25) is 0 Å². The van der Waals surface area contributed by atoms with Crippen LogP contribution in [0.2, 0.25) is 0 Å². The second-order valence-electron chi connectivity index (χ2n) is 18.3. The predicted octanol–water partition coefficient (Wildman–Crippen LogP) is 14.6. The molecule has 1 aromatic heterocycles. The van der Waals surface area contributed by atoms with Crippen molar-refractivity contribution in [2.75, 3.05) is 4.90 Å². The van der Waals surface area contributed by atoms with Gasteiger partial charge >= 0.3 is 0 Å². The number of benzene rings is 6. The molecule has 56 heavy (non-hydrogen) atoms. The Morgan fingerprint density at radius 1 is 0.589 bits per heavy atom. The third kappa shape index (κ3) is 6.81. The number of hydrogen-bond donors (Lipinski definition) is 0.